The number of piperidine rings is 1. The van der Waals surface area contributed by atoms with Gasteiger partial charge in [0.05, 0.1) is 5.92 Å². The first-order valence-electron chi connectivity index (χ1n) is 16.3. The number of carbonyl (C=O) groups excluding carboxylic acids is 2. The highest BCUT2D eigenvalue weighted by Crippen LogP contribution is 2.30. The average molecular weight is 645 g/mol. The summed E-state index contributed by atoms with van der Waals surface area (Å²) in [6.07, 6.45) is 4.63. The third kappa shape index (κ3) is 7.72. The average Bonchev–Trinajstić information content (AvgIpc) is 3.64. The van der Waals surface area contributed by atoms with Gasteiger partial charge in [0.15, 0.2) is 11.6 Å². The number of nitrogens with zero attached hydrogens (tertiary/aromatic N) is 6. The molecule has 0 aliphatic carbocycles. The predicted octanol–water partition coefficient (Wildman–Crippen LogP) is 3.60. The van der Waals surface area contributed by atoms with E-state index in [9.17, 15) is 19.5 Å². The smallest absolute Gasteiger partial charge is 0.326 e. The van der Waals surface area contributed by atoms with Gasteiger partial charge in [-0.15, -0.1) is 0 Å². The summed E-state index contributed by atoms with van der Waals surface area (Å²) in [5, 5.41) is 15.6. The number of urea groups is 1. The number of para-hydroxylation sites is 1. The number of benzene rings is 2. The number of anilines is 4. The lowest BCUT2D eigenvalue weighted by Crippen LogP contribution is -2.50. The maximum atomic E-state index is 15.4. The van der Waals surface area contributed by atoms with Crippen LogP contribution in [-0.4, -0.2) is 96.3 Å². The highest BCUT2D eigenvalue weighted by molar-refractivity contribution is 5.89. The molecule has 0 saturated carbocycles. The Balaban J connectivity index is 1.01. The molecule has 12 nitrogen and oxygen atoms in total. The number of hydrogen-bond acceptors (Lipinski definition) is 8. The first-order chi connectivity index (χ1) is 22.9. The lowest BCUT2D eigenvalue weighted by molar-refractivity contribution is -0.142. The van der Waals surface area contributed by atoms with Crippen LogP contribution in [0.1, 0.15) is 31.2 Å². The van der Waals surface area contributed by atoms with Crippen molar-refractivity contribution in [2.24, 2.45) is 5.92 Å². The number of carboxylic acids is 1. The van der Waals surface area contributed by atoms with E-state index in [1.54, 1.807) is 34.1 Å². The van der Waals surface area contributed by atoms with E-state index in [0.717, 1.165) is 44.7 Å². The van der Waals surface area contributed by atoms with Crippen molar-refractivity contribution < 1.29 is 23.9 Å². The number of halogens is 1. The Kier molecular flexibility index (Phi) is 9.98. The SMILES string of the molecule is O=C(N[C@@H](Cc1ccc(NC(=O)N2CCN(c3ccccc3)CC2)cc1)C(=O)O)C1CCCN(c2ncnc(N3CCCC3)c2F)C1. The van der Waals surface area contributed by atoms with Gasteiger partial charge in [0, 0.05) is 70.2 Å². The molecule has 3 aliphatic rings. The molecule has 1 unspecified atom stereocenters. The lowest BCUT2D eigenvalue weighted by atomic mass is 9.96. The number of carboxylic acid groups (broad SMARTS) is 1. The van der Waals surface area contributed by atoms with Crippen LogP contribution in [0.5, 0.6) is 0 Å². The number of aromatic nitrogens is 2. The quantitative estimate of drug-likeness (QED) is 0.320. The number of rotatable bonds is 9. The van der Waals surface area contributed by atoms with Gasteiger partial charge in [0.1, 0.15) is 12.4 Å². The molecule has 4 heterocycles. The van der Waals surface area contributed by atoms with Gasteiger partial charge in [-0.1, -0.05) is 30.3 Å². The van der Waals surface area contributed by atoms with Crippen LogP contribution in [0.2, 0.25) is 0 Å². The summed E-state index contributed by atoms with van der Waals surface area (Å²) in [7, 11) is 0. The molecule has 0 bridgehead atoms. The van der Waals surface area contributed by atoms with Crippen LogP contribution in [0.25, 0.3) is 0 Å². The zero-order valence-corrected chi connectivity index (χ0v) is 26.4. The maximum absolute atomic E-state index is 15.4. The van der Waals surface area contributed by atoms with Crippen molar-refractivity contribution in [3.8, 4) is 0 Å². The number of aliphatic carboxylic acids is 1. The largest absolute Gasteiger partial charge is 0.480 e. The molecule has 0 spiro atoms. The van der Waals surface area contributed by atoms with Crippen LogP contribution in [0.3, 0.4) is 0 Å². The minimum absolute atomic E-state index is 0.0763. The van der Waals surface area contributed by atoms with Crippen LogP contribution in [-0.2, 0) is 16.0 Å². The number of nitrogens with one attached hydrogen (secondary N) is 2. The molecule has 47 heavy (non-hydrogen) atoms. The van der Waals surface area contributed by atoms with E-state index >= 15 is 4.39 Å². The molecule has 0 radical (unpaired) electrons. The Hall–Kier alpha value is -4.94. The minimum Gasteiger partial charge on any atom is -0.480 e. The number of piperazine rings is 1. The topological polar surface area (TPSA) is 134 Å². The van der Waals surface area contributed by atoms with E-state index in [0.29, 0.717) is 43.7 Å². The number of carbonyl (C=O) groups is 3. The number of amides is 3. The lowest BCUT2D eigenvalue weighted by Gasteiger charge is -2.36. The van der Waals surface area contributed by atoms with E-state index in [4.69, 9.17) is 0 Å². The summed E-state index contributed by atoms with van der Waals surface area (Å²) in [6, 6.07) is 15.8. The zero-order valence-electron chi connectivity index (χ0n) is 26.4. The first kappa shape index (κ1) is 32.0. The van der Waals surface area contributed by atoms with Crippen molar-refractivity contribution in [2.75, 3.05) is 72.4 Å². The molecule has 2 aromatic carbocycles. The second-order valence-corrected chi connectivity index (χ2v) is 12.4. The van der Waals surface area contributed by atoms with Gasteiger partial charge >= 0.3 is 12.0 Å². The summed E-state index contributed by atoms with van der Waals surface area (Å²) in [4.78, 5) is 54.4. The van der Waals surface area contributed by atoms with Crippen LogP contribution in [0.4, 0.5) is 32.2 Å². The highest BCUT2D eigenvalue weighted by Gasteiger charge is 2.32. The van der Waals surface area contributed by atoms with E-state index < -0.39 is 23.7 Å². The first-order valence-corrected chi connectivity index (χ1v) is 16.3. The van der Waals surface area contributed by atoms with Crippen molar-refractivity contribution in [1.82, 2.24) is 20.2 Å². The van der Waals surface area contributed by atoms with Crippen molar-refractivity contribution in [2.45, 2.75) is 38.1 Å². The zero-order chi connectivity index (χ0) is 32.8. The van der Waals surface area contributed by atoms with Gasteiger partial charge < -0.3 is 35.3 Å². The molecule has 2 atom stereocenters. The minimum atomic E-state index is -1.14. The molecule has 3 fully saturated rings. The van der Waals surface area contributed by atoms with Gasteiger partial charge in [-0.05, 0) is 55.5 Å². The summed E-state index contributed by atoms with van der Waals surface area (Å²) in [5.74, 6) is -2.05. The monoisotopic (exact) mass is 644 g/mol. The van der Waals surface area contributed by atoms with Crippen molar-refractivity contribution in [3.05, 3.63) is 72.3 Å². The van der Waals surface area contributed by atoms with Crippen LogP contribution < -0.4 is 25.3 Å². The predicted molar refractivity (Wildman–Crippen MR) is 177 cm³/mol. The molecule has 3 aliphatic heterocycles. The Bertz CT molecular complexity index is 1550. The maximum Gasteiger partial charge on any atom is 0.326 e. The molecular weight excluding hydrogens is 603 g/mol. The van der Waals surface area contributed by atoms with Crippen molar-refractivity contribution in [1.29, 1.82) is 0 Å². The van der Waals surface area contributed by atoms with Crippen LogP contribution in [0.15, 0.2) is 60.9 Å². The molecule has 13 heteroatoms. The summed E-state index contributed by atoms with van der Waals surface area (Å²) < 4.78 is 15.4. The molecule has 3 saturated heterocycles. The van der Waals surface area contributed by atoms with Crippen LogP contribution in [0, 0.1) is 11.7 Å². The van der Waals surface area contributed by atoms with Crippen molar-refractivity contribution in [3.63, 3.8) is 0 Å². The fourth-order valence-corrected chi connectivity index (χ4v) is 6.56. The fraction of sp³-hybridized carbons (Fsp3) is 0.441. The Morgan fingerprint density at radius 3 is 2.17 bits per heavy atom. The molecule has 248 valence electrons. The summed E-state index contributed by atoms with van der Waals surface area (Å²) in [5.41, 5.74) is 2.45. The summed E-state index contributed by atoms with van der Waals surface area (Å²) in [6.45, 7) is 4.98. The molecule has 3 aromatic rings. The van der Waals surface area contributed by atoms with Gasteiger partial charge in [-0.3, -0.25) is 4.79 Å². The van der Waals surface area contributed by atoms with Crippen LogP contribution >= 0.6 is 0 Å². The third-order valence-electron chi connectivity index (χ3n) is 9.20. The standard InChI is InChI=1S/C34H41FN8O4/c35-29-30(41-14-4-5-15-41)36-23-37-31(29)43-16-6-7-25(22-43)32(44)39-28(33(45)46)21-24-10-12-26(13-11-24)38-34(47)42-19-17-40(18-20-42)27-8-2-1-3-9-27/h1-3,8-13,23,25,28H,4-7,14-22H2,(H,38,47)(H,39,44)(H,45,46)/t25?,28-/m0/s1. The molecule has 3 N–H and O–H groups in total. The van der Waals surface area contributed by atoms with Crippen molar-refractivity contribution >= 4 is 40.9 Å². The normalized spacial score (nSPS) is 19.0. The second-order valence-electron chi connectivity index (χ2n) is 12.4. The second kappa shape index (κ2) is 14.7. The Labute approximate surface area is 273 Å². The highest BCUT2D eigenvalue weighted by atomic mass is 19.1. The molecule has 6 rings (SSSR count). The number of hydrogen-bond donors (Lipinski definition) is 3. The van der Waals surface area contributed by atoms with E-state index in [2.05, 4.69) is 37.6 Å². The fourth-order valence-electron chi connectivity index (χ4n) is 6.56. The van der Waals surface area contributed by atoms with E-state index in [-0.39, 0.29) is 36.5 Å². The molecule has 1 aromatic heterocycles. The molecular formula is C34H41FN8O4. The Morgan fingerprint density at radius 1 is 0.830 bits per heavy atom. The Morgan fingerprint density at radius 2 is 1.49 bits per heavy atom. The summed E-state index contributed by atoms with van der Waals surface area (Å²) >= 11 is 0. The van der Waals surface area contributed by atoms with Gasteiger partial charge in [0.2, 0.25) is 11.7 Å². The molecule has 3 amide bonds. The van der Waals surface area contributed by atoms with Gasteiger partial charge in [0.25, 0.3) is 0 Å². The van der Waals surface area contributed by atoms with Gasteiger partial charge in [-0.2, -0.15) is 4.39 Å². The van der Waals surface area contributed by atoms with E-state index in [1.807, 2.05) is 23.1 Å². The third-order valence-corrected chi connectivity index (χ3v) is 9.20. The van der Waals surface area contributed by atoms with Gasteiger partial charge in [-0.25, -0.2) is 19.6 Å². The van der Waals surface area contributed by atoms with E-state index in [1.165, 1.54) is 6.33 Å².